The van der Waals surface area contributed by atoms with Crippen molar-refractivity contribution < 1.29 is 9.47 Å². The molecular weight excluding hydrogens is 517 g/mol. The molecule has 2 N–H and O–H groups in total. The highest BCUT2D eigenvalue weighted by molar-refractivity contribution is 14.0. The Hall–Kier alpha value is -1.10. The molecule has 1 aromatic carbocycles. The van der Waals surface area contributed by atoms with E-state index in [1.54, 1.807) is 7.11 Å². The molecule has 1 aromatic rings. The molecule has 3 rings (SSSR count). The van der Waals surface area contributed by atoms with Crippen molar-refractivity contribution >= 4 is 29.9 Å². The second kappa shape index (κ2) is 13.6. The zero-order valence-corrected chi connectivity index (χ0v) is 22.6. The van der Waals surface area contributed by atoms with Crippen LogP contribution < -0.4 is 15.4 Å². The SMILES string of the molecule is CN=C(NCC(c1cccc(OC)c1)N(C)C)NCC1(N2CCOCC2)CCCCC1.I. The van der Waals surface area contributed by atoms with Gasteiger partial charge >= 0.3 is 0 Å². The van der Waals surface area contributed by atoms with Gasteiger partial charge in [-0.05, 0) is 44.6 Å². The van der Waals surface area contributed by atoms with Crippen molar-refractivity contribution in [1.29, 1.82) is 0 Å². The van der Waals surface area contributed by atoms with Crippen LogP contribution in [0.5, 0.6) is 5.75 Å². The number of nitrogens with one attached hydrogen (secondary N) is 2. The lowest BCUT2D eigenvalue weighted by atomic mass is 9.80. The van der Waals surface area contributed by atoms with E-state index in [9.17, 15) is 0 Å². The number of benzene rings is 1. The topological polar surface area (TPSA) is 61.4 Å². The van der Waals surface area contributed by atoms with E-state index in [0.717, 1.165) is 51.1 Å². The van der Waals surface area contributed by atoms with Crippen LogP contribution in [0.1, 0.15) is 43.7 Å². The largest absolute Gasteiger partial charge is 0.497 e. The fraction of sp³-hybridized carbons (Fsp3) is 0.708. The molecule has 1 aliphatic carbocycles. The lowest BCUT2D eigenvalue weighted by Crippen LogP contribution is -2.60. The summed E-state index contributed by atoms with van der Waals surface area (Å²) in [4.78, 5) is 9.40. The Labute approximate surface area is 211 Å². The van der Waals surface area contributed by atoms with Gasteiger partial charge in [-0.1, -0.05) is 31.4 Å². The van der Waals surface area contributed by atoms with Gasteiger partial charge in [0, 0.05) is 38.8 Å². The van der Waals surface area contributed by atoms with Crippen LogP contribution in [0.2, 0.25) is 0 Å². The lowest BCUT2D eigenvalue weighted by Gasteiger charge is -2.48. The van der Waals surface area contributed by atoms with Crippen LogP contribution in [-0.4, -0.2) is 88.9 Å². The summed E-state index contributed by atoms with van der Waals surface area (Å²) in [6.45, 7) is 5.46. The summed E-state index contributed by atoms with van der Waals surface area (Å²) >= 11 is 0. The van der Waals surface area contributed by atoms with E-state index in [1.165, 1.54) is 37.7 Å². The van der Waals surface area contributed by atoms with E-state index in [4.69, 9.17) is 9.47 Å². The predicted molar refractivity (Wildman–Crippen MR) is 142 cm³/mol. The Kier molecular flexibility index (Phi) is 11.5. The zero-order valence-electron chi connectivity index (χ0n) is 20.2. The van der Waals surface area contributed by atoms with Crippen LogP contribution in [-0.2, 0) is 4.74 Å². The maximum atomic E-state index is 5.62. The number of halogens is 1. The van der Waals surface area contributed by atoms with Gasteiger partial charge in [-0.3, -0.25) is 9.89 Å². The molecular formula is C24H42IN5O2. The standard InChI is InChI=1S/C24H41N5O2.HI/c1-25-23(26-18-22(28(2)3)20-9-8-10-21(17-20)30-4)27-19-24(11-6-5-7-12-24)29-13-15-31-16-14-29;/h8-10,17,22H,5-7,11-16,18-19H2,1-4H3,(H2,25,26,27);1H. The molecule has 182 valence electrons. The van der Waals surface area contributed by atoms with Crippen molar-refractivity contribution in [3.8, 4) is 5.75 Å². The fourth-order valence-electron chi connectivity index (χ4n) is 4.96. The van der Waals surface area contributed by atoms with Gasteiger partial charge in [0.25, 0.3) is 0 Å². The lowest BCUT2D eigenvalue weighted by molar-refractivity contribution is -0.0352. The normalized spacial score (nSPS) is 20.3. The Morgan fingerprint density at radius 2 is 1.91 bits per heavy atom. The Bertz CT molecular complexity index is 703. The molecule has 8 heteroatoms. The van der Waals surface area contributed by atoms with Gasteiger partial charge in [-0.25, -0.2) is 0 Å². The molecule has 1 saturated carbocycles. The minimum absolute atomic E-state index is 0. The van der Waals surface area contributed by atoms with Crippen LogP contribution >= 0.6 is 24.0 Å². The summed E-state index contributed by atoms with van der Waals surface area (Å²) in [7, 11) is 7.78. The first-order valence-electron chi connectivity index (χ1n) is 11.7. The van der Waals surface area contributed by atoms with Gasteiger partial charge in [0.1, 0.15) is 5.75 Å². The van der Waals surface area contributed by atoms with Crippen molar-refractivity contribution in [2.75, 3.05) is 67.6 Å². The van der Waals surface area contributed by atoms with Crippen molar-refractivity contribution in [1.82, 2.24) is 20.4 Å². The molecule has 2 aliphatic rings. The predicted octanol–water partition coefficient (Wildman–Crippen LogP) is 3.12. The van der Waals surface area contributed by atoms with Crippen LogP contribution in [0.4, 0.5) is 0 Å². The Morgan fingerprint density at radius 3 is 2.53 bits per heavy atom. The van der Waals surface area contributed by atoms with Crippen molar-refractivity contribution in [2.45, 2.75) is 43.7 Å². The van der Waals surface area contributed by atoms with Crippen LogP contribution in [0.25, 0.3) is 0 Å². The number of morpholine rings is 1. The molecule has 1 aliphatic heterocycles. The molecule has 0 amide bonds. The van der Waals surface area contributed by atoms with E-state index in [2.05, 4.69) is 51.7 Å². The van der Waals surface area contributed by atoms with Gasteiger partial charge in [0.05, 0.1) is 26.4 Å². The first-order valence-corrected chi connectivity index (χ1v) is 11.7. The smallest absolute Gasteiger partial charge is 0.191 e. The molecule has 0 spiro atoms. The summed E-state index contributed by atoms with van der Waals surface area (Å²) in [5, 5.41) is 7.22. The quantitative estimate of drug-likeness (QED) is 0.290. The average Bonchev–Trinajstić information content (AvgIpc) is 2.82. The molecule has 2 fully saturated rings. The third kappa shape index (κ3) is 7.20. The fourth-order valence-corrected chi connectivity index (χ4v) is 4.96. The number of aliphatic imine (C=N–C) groups is 1. The highest BCUT2D eigenvalue weighted by Crippen LogP contribution is 2.33. The summed E-state index contributed by atoms with van der Waals surface area (Å²) in [6, 6.07) is 8.52. The summed E-state index contributed by atoms with van der Waals surface area (Å²) in [6.07, 6.45) is 6.47. The number of rotatable bonds is 8. The van der Waals surface area contributed by atoms with Gasteiger partial charge in [-0.15, -0.1) is 24.0 Å². The molecule has 7 nitrogen and oxygen atoms in total. The van der Waals surface area contributed by atoms with E-state index in [0.29, 0.717) is 0 Å². The number of hydrogen-bond acceptors (Lipinski definition) is 5. The second-order valence-electron chi connectivity index (χ2n) is 8.95. The van der Waals surface area contributed by atoms with E-state index in [-0.39, 0.29) is 35.6 Å². The average molecular weight is 560 g/mol. The molecule has 1 saturated heterocycles. The van der Waals surface area contributed by atoms with Gasteiger partial charge in [0.15, 0.2) is 5.96 Å². The third-order valence-corrected chi connectivity index (χ3v) is 6.84. The number of methoxy groups -OCH3 is 1. The number of hydrogen-bond donors (Lipinski definition) is 2. The summed E-state index contributed by atoms with van der Waals surface area (Å²) in [5.74, 6) is 1.75. The summed E-state index contributed by atoms with van der Waals surface area (Å²) in [5.41, 5.74) is 1.44. The van der Waals surface area contributed by atoms with Crippen LogP contribution in [0.15, 0.2) is 29.3 Å². The van der Waals surface area contributed by atoms with E-state index < -0.39 is 0 Å². The van der Waals surface area contributed by atoms with Gasteiger partial charge < -0.3 is 25.0 Å². The van der Waals surface area contributed by atoms with Crippen molar-refractivity contribution in [3.05, 3.63) is 29.8 Å². The van der Waals surface area contributed by atoms with Crippen molar-refractivity contribution in [2.24, 2.45) is 4.99 Å². The summed E-state index contributed by atoms with van der Waals surface area (Å²) < 4.78 is 11.0. The minimum atomic E-state index is 0. The van der Waals surface area contributed by atoms with Gasteiger partial charge in [0.2, 0.25) is 0 Å². The molecule has 0 bridgehead atoms. The minimum Gasteiger partial charge on any atom is -0.497 e. The van der Waals surface area contributed by atoms with E-state index in [1.807, 2.05) is 19.2 Å². The zero-order chi connectivity index (χ0) is 22.1. The first-order chi connectivity index (χ1) is 15.1. The monoisotopic (exact) mass is 559 g/mol. The first kappa shape index (κ1) is 27.1. The molecule has 32 heavy (non-hydrogen) atoms. The Balaban J connectivity index is 0.00000363. The van der Waals surface area contributed by atoms with Gasteiger partial charge in [-0.2, -0.15) is 0 Å². The number of likely N-dealkylation sites (N-methyl/N-ethyl adjacent to an activating group) is 1. The molecule has 1 atom stereocenters. The number of guanidine groups is 1. The van der Waals surface area contributed by atoms with Crippen molar-refractivity contribution in [3.63, 3.8) is 0 Å². The highest BCUT2D eigenvalue weighted by atomic mass is 127. The molecule has 1 unspecified atom stereocenters. The van der Waals surface area contributed by atoms with E-state index >= 15 is 0 Å². The number of ether oxygens (including phenoxy) is 2. The third-order valence-electron chi connectivity index (χ3n) is 6.84. The highest BCUT2D eigenvalue weighted by Gasteiger charge is 2.38. The van der Waals surface area contributed by atoms with Crippen LogP contribution in [0, 0.1) is 0 Å². The molecule has 0 aromatic heterocycles. The Morgan fingerprint density at radius 1 is 1.19 bits per heavy atom. The maximum Gasteiger partial charge on any atom is 0.191 e. The molecule has 0 radical (unpaired) electrons. The van der Waals surface area contributed by atoms with Crippen LogP contribution in [0.3, 0.4) is 0 Å². The molecule has 1 heterocycles. The maximum absolute atomic E-state index is 5.62. The second-order valence-corrected chi connectivity index (χ2v) is 8.95. The number of nitrogens with zero attached hydrogens (tertiary/aromatic N) is 3.